The molecule has 2 N–H and O–H groups in total. The Balaban J connectivity index is 0.00000289. The second-order valence-electron chi connectivity index (χ2n) is 9.26. The first-order valence-corrected chi connectivity index (χ1v) is 12.8. The molecule has 0 unspecified atom stereocenters. The number of likely N-dealkylation sites (tertiary alicyclic amines) is 1. The van der Waals surface area contributed by atoms with Crippen LogP contribution in [0.5, 0.6) is 23.0 Å². The third-order valence-electron chi connectivity index (χ3n) is 7.06. The van der Waals surface area contributed by atoms with E-state index in [1.54, 1.807) is 36.0 Å². The van der Waals surface area contributed by atoms with Crippen molar-refractivity contribution < 1.29 is 19.7 Å². The van der Waals surface area contributed by atoms with E-state index < -0.39 is 0 Å². The van der Waals surface area contributed by atoms with Crippen molar-refractivity contribution in [2.45, 2.75) is 42.6 Å². The number of fused-ring (bicyclic) bond motifs is 1. The molecule has 0 radical (unpaired) electrons. The van der Waals surface area contributed by atoms with Crippen molar-refractivity contribution >= 4 is 24.2 Å². The van der Waals surface area contributed by atoms with Gasteiger partial charge in [-0.05, 0) is 79.4 Å². The molecular formula is C28H32ClNO4S. The van der Waals surface area contributed by atoms with E-state index in [0.717, 1.165) is 46.5 Å². The fraction of sp³-hybridized carbons (Fsp3) is 0.357. The van der Waals surface area contributed by atoms with Crippen molar-refractivity contribution in [3.8, 4) is 23.0 Å². The molecule has 0 aliphatic carbocycles. The van der Waals surface area contributed by atoms with E-state index in [1.807, 2.05) is 30.3 Å². The van der Waals surface area contributed by atoms with E-state index in [0.29, 0.717) is 12.6 Å². The molecule has 0 bridgehead atoms. The molecule has 0 saturated carbocycles. The Hall–Kier alpha value is -2.54. The molecule has 5 rings (SSSR count). The second kappa shape index (κ2) is 11.0. The summed E-state index contributed by atoms with van der Waals surface area (Å²) in [6.45, 7) is 7.40. The molecule has 7 heteroatoms. The standard InChI is InChI=1S/C28H31NO4S.ClH/c1-18-13-14-29(19(18)2)15-16-32-24-10-5-20(6-11-24)27-28(21-3-7-22(30)8-4-21)34-26-17-23(31)9-12-25(26)33-27;/h3-12,17-19,27-28,30-31H,13-16H2,1-2H3;1H/t18-,19+,27+,28-;/m1./s1. The smallest absolute Gasteiger partial charge is 0.140 e. The van der Waals surface area contributed by atoms with Gasteiger partial charge in [0.15, 0.2) is 0 Å². The first-order chi connectivity index (χ1) is 16.5. The molecule has 3 aromatic carbocycles. The highest BCUT2D eigenvalue weighted by Crippen LogP contribution is 2.54. The van der Waals surface area contributed by atoms with Gasteiger partial charge in [-0.2, -0.15) is 0 Å². The van der Waals surface area contributed by atoms with Crippen molar-refractivity contribution in [3.63, 3.8) is 0 Å². The van der Waals surface area contributed by atoms with Crippen LogP contribution in [0.2, 0.25) is 0 Å². The topological polar surface area (TPSA) is 62.2 Å². The Morgan fingerprint density at radius 3 is 2.31 bits per heavy atom. The molecule has 0 aromatic heterocycles. The summed E-state index contributed by atoms with van der Waals surface area (Å²) >= 11 is 1.66. The molecule has 2 heterocycles. The second-order valence-corrected chi connectivity index (χ2v) is 10.4. The van der Waals surface area contributed by atoms with Crippen molar-refractivity contribution in [2.75, 3.05) is 19.7 Å². The normalized spacial score (nSPS) is 23.7. The zero-order valence-electron chi connectivity index (χ0n) is 20.0. The lowest BCUT2D eigenvalue weighted by Crippen LogP contribution is -2.33. The molecule has 0 amide bonds. The van der Waals surface area contributed by atoms with Crippen LogP contribution in [0.1, 0.15) is 42.7 Å². The van der Waals surface area contributed by atoms with Crippen molar-refractivity contribution in [3.05, 3.63) is 77.9 Å². The van der Waals surface area contributed by atoms with Crippen LogP contribution >= 0.6 is 24.2 Å². The van der Waals surface area contributed by atoms with Crippen LogP contribution in [0.15, 0.2) is 71.6 Å². The number of hydrogen-bond acceptors (Lipinski definition) is 6. The zero-order chi connectivity index (χ0) is 23.7. The minimum atomic E-state index is -0.215. The summed E-state index contributed by atoms with van der Waals surface area (Å²) in [7, 11) is 0. The van der Waals surface area contributed by atoms with Crippen LogP contribution in [-0.4, -0.2) is 40.9 Å². The lowest BCUT2D eigenvalue weighted by molar-refractivity contribution is 0.189. The molecule has 1 saturated heterocycles. The molecule has 5 nitrogen and oxygen atoms in total. The molecule has 2 aliphatic rings. The van der Waals surface area contributed by atoms with Gasteiger partial charge < -0.3 is 19.7 Å². The minimum Gasteiger partial charge on any atom is -0.508 e. The maximum absolute atomic E-state index is 9.94. The van der Waals surface area contributed by atoms with Gasteiger partial charge >= 0.3 is 0 Å². The first kappa shape index (κ1) is 25.5. The third kappa shape index (κ3) is 5.66. The summed E-state index contributed by atoms with van der Waals surface area (Å²) in [6.07, 6.45) is 1.05. The Morgan fingerprint density at radius 1 is 0.943 bits per heavy atom. The van der Waals surface area contributed by atoms with Crippen LogP contribution < -0.4 is 9.47 Å². The van der Waals surface area contributed by atoms with E-state index >= 15 is 0 Å². The SMILES string of the molecule is C[C@@H]1CCN(CCOc2ccc([C@@H]3Oc4ccc(O)cc4S[C@@H]3c3ccc(O)cc3)cc2)[C@H]1C.Cl. The Morgan fingerprint density at radius 2 is 1.63 bits per heavy atom. The minimum absolute atomic E-state index is 0. The van der Waals surface area contributed by atoms with Gasteiger partial charge in [0.2, 0.25) is 0 Å². The molecule has 2 aliphatic heterocycles. The number of benzene rings is 3. The monoisotopic (exact) mass is 513 g/mol. The van der Waals surface area contributed by atoms with E-state index in [9.17, 15) is 10.2 Å². The van der Waals surface area contributed by atoms with Crippen LogP contribution in [0, 0.1) is 5.92 Å². The van der Waals surface area contributed by atoms with Gasteiger partial charge in [0.25, 0.3) is 0 Å². The number of phenolic OH excluding ortho intramolecular Hbond substituents is 2. The predicted octanol–water partition coefficient (Wildman–Crippen LogP) is 6.60. The van der Waals surface area contributed by atoms with Gasteiger partial charge in [-0.25, -0.2) is 0 Å². The maximum atomic E-state index is 9.94. The summed E-state index contributed by atoms with van der Waals surface area (Å²) in [5.41, 5.74) is 2.11. The lowest BCUT2D eigenvalue weighted by atomic mass is 10.00. The number of halogens is 1. The largest absolute Gasteiger partial charge is 0.508 e. The quantitative estimate of drug-likeness (QED) is 0.387. The molecule has 186 valence electrons. The fourth-order valence-electron chi connectivity index (χ4n) is 4.76. The van der Waals surface area contributed by atoms with E-state index in [4.69, 9.17) is 9.47 Å². The lowest BCUT2D eigenvalue weighted by Gasteiger charge is -2.34. The molecule has 1 fully saturated rings. The average molecular weight is 514 g/mol. The summed E-state index contributed by atoms with van der Waals surface area (Å²) in [5, 5.41) is 19.7. The molecule has 3 aromatic rings. The molecule has 0 spiro atoms. The highest BCUT2D eigenvalue weighted by Gasteiger charge is 2.34. The number of nitrogens with zero attached hydrogens (tertiary/aromatic N) is 1. The van der Waals surface area contributed by atoms with Gasteiger partial charge in [-0.3, -0.25) is 4.90 Å². The molecule has 35 heavy (non-hydrogen) atoms. The number of hydrogen-bond donors (Lipinski definition) is 2. The molecule has 4 atom stereocenters. The Labute approximate surface area is 217 Å². The number of ether oxygens (including phenoxy) is 2. The summed E-state index contributed by atoms with van der Waals surface area (Å²) in [6, 6.07) is 21.2. The van der Waals surface area contributed by atoms with E-state index in [-0.39, 0.29) is 35.3 Å². The van der Waals surface area contributed by atoms with Gasteiger partial charge in [-0.15, -0.1) is 24.2 Å². The summed E-state index contributed by atoms with van der Waals surface area (Å²) in [4.78, 5) is 3.41. The summed E-state index contributed by atoms with van der Waals surface area (Å²) in [5.74, 6) is 2.83. The van der Waals surface area contributed by atoms with Gasteiger partial charge in [0, 0.05) is 12.6 Å². The van der Waals surface area contributed by atoms with Gasteiger partial charge in [0.1, 0.15) is 35.7 Å². The van der Waals surface area contributed by atoms with Crippen molar-refractivity contribution in [1.29, 1.82) is 0 Å². The van der Waals surface area contributed by atoms with Gasteiger partial charge in [0.05, 0.1) is 10.1 Å². The maximum Gasteiger partial charge on any atom is 0.140 e. The average Bonchev–Trinajstić information content (AvgIpc) is 3.16. The van der Waals surface area contributed by atoms with Crippen LogP contribution in [0.4, 0.5) is 0 Å². The highest BCUT2D eigenvalue weighted by molar-refractivity contribution is 7.99. The van der Waals surface area contributed by atoms with Crippen LogP contribution in [0.25, 0.3) is 0 Å². The highest BCUT2D eigenvalue weighted by atomic mass is 35.5. The first-order valence-electron chi connectivity index (χ1n) is 11.9. The molecular weight excluding hydrogens is 482 g/mol. The number of thioether (sulfide) groups is 1. The number of phenols is 2. The Kier molecular flexibility index (Phi) is 8.05. The van der Waals surface area contributed by atoms with Gasteiger partial charge in [-0.1, -0.05) is 31.2 Å². The predicted molar refractivity (Wildman–Crippen MR) is 142 cm³/mol. The fourth-order valence-corrected chi connectivity index (χ4v) is 6.08. The summed E-state index contributed by atoms with van der Waals surface area (Å²) < 4.78 is 12.5. The van der Waals surface area contributed by atoms with Crippen LogP contribution in [0.3, 0.4) is 0 Å². The van der Waals surface area contributed by atoms with Crippen molar-refractivity contribution in [1.82, 2.24) is 4.90 Å². The van der Waals surface area contributed by atoms with Crippen molar-refractivity contribution in [2.24, 2.45) is 5.92 Å². The number of aromatic hydroxyl groups is 2. The van der Waals surface area contributed by atoms with Crippen LogP contribution in [-0.2, 0) is 0 Å². The third-order valence-corrected chi connectivity index (χ3v) is 8.41. The number of rotatable bonds is 6. The van der Waals surface area contributed by atoms with E-state index in [1.165, 1.54) is 6.42 Å². The van der Waals surface area contributed by atoms with E-state index in [2.05, 4.69) is 30.9 Å². The Bertz CT molecular complexity index is 1120. The zero-order valence-corrected chi connectivity index (χ0v) is 21.6.